The molecule has 0 spiro atoms. The topological polar surface area (TPSA) is 74.6 Å². The van der Waals surface area contributed by atoms with Crippen molar-refractivity contribution in [1.82, 2.24) is 25.3 Å². The molecule has 24 heavy (non-hydrogen) atoms. The summed E-state index contributed by atoms with van der Waals surface area (Å²) in [6.07, 6.45) is 8.69. The first-order valence-electron chi connectivity index (χ1n) is 9.07. The van der Waals surface area contributed by atoms with Gasteiger partial charge >= 0.3 is 0 Å². The van der Waals surface area contributed by atoms with E-state index in [4.69, 9.17) is 0 Å². The van der Waals surface area contributed by atoms with Gasteiger partial charge in [0.15, 0.2) is 5.96 Å². The van der Waals surface area contributed by atoms with E-state index in [0.29, 0.717) is 12.3 Å². The Balaban J connectivity index is 1.68. The Kier molecular flexibility index (Phi) is 8.13. The molecule has 0 radical (unpaired) electrons. The summed E-state index contributed by atoms with van der Waals surface area (Å²) in [5.74, 6) is 1.13. The molecular weight excluding hydrogens is 304 g/mol. The quantitative estimate of drug-likeness (QED) is 0.426. The van der Waals surface area contributed by atoms with Gasteiger partial charge in [-0.15, -0.1) is 0 Å². The molecule has 7 nitrogen and oxygen atoms in total. The second-order valence-corrected chi connectivity index (χ2v) is 6.00. The number of nitrogens with zero attached hydrogens (tertiary/aromatic N) is 4. The number of likely N-dealkylation sites (tertiary alicyclic amines) is 1. The Bertz CT molecular complexity index is 499. The molecule has 1 aliphatic heterocycles. The number of guanidine groups is 1. The molecule has 1 aromatic heterocycles. The number of hydrogen-bond donors (Lipinski definition) is 2. The number of aromatic nitrogens is 2. The van der Waals surface area contributed by atoms with Gasteiger partial charge in [0.1, 0.15) is 0 Å². The van der Waals surface area contributed by atoms with Gasteiger partial charge in [-0.2, -0.15) is 5.10 Å². The van der Waals surface area contributed by atoms with Crippen molar-refractivity contribution in [3.05, 3.63) is 18.5 Å². The minimum absolute atomic E-state index is 0.306. The summed E-state index contributed by atoms with van der Waals surface area (Å²) in [7, 11) is 0. The van der Waals surface area contributed by atoms with Gasteiger partial charge in [0.05, 0.1) is 6.54 Å². The highest BCUT2D eigenvalue weighted by atomic mass is 16.2. The van der Waals surface area contributed by atoms with Crippen LogP contribution in [0.3, 0.4) is 0 Å². The molecule has 7 heteroatoms. The van der Waals surface area contributed by atoms with Crippen LogP contribution in [-0.4, -0.2) is 59.3 Å². The van der Waals surface area contributed by atoms with Crippen molar-refractivity contribution in [2.45, 2.75) is 45.6 Å². The zero-order chi connectivity index (χ0) is 17.0. The summed E-state index contributed by atoms with van der Waals surface area (Å²) in [6, 6.07) is 1.92. The molecule has 0 atom stereocenters. The number of aliphatic imine (C=N–C) groups is 1. The van der Waals surface area contributed by atoms with Gasteiger partial charge in [-0.25, -0.2) is 0 Å². The van der Waals surface area contributed by atoms with E-state index in [1.807, 2.05) is 21.8 Å². The van der Waals surface area contributed by atoms with Crippen LogP contribution in [0, 0.1) is 0 Å². The maximum absolute atomic E-state index is 12.0. The molecule has 0 saturated carbocycles. The Labute approximate surface area is 144 Å². The maximum Gasteiger partial charge on any atom is 0.222 e. The van der Waals surface area contributed by atoms with E-state index < -0.39 is 0 Å². The number of hydrogen-bond acceptors (Lipinski definition) is 3. The minimum atomic E-state index is 0.306. The van der Waals surface area contributed by atoms with E-state index in [9.17, 15) is 4.79 Å². The standard InChI is InChI=1S/C17H30N6O/c1-2-18-17(20-11-15-23-14-7-10-21-23)19-9-6-13-22-12-5-3-4-8-16(22)24/h7,10,14H,2-6,8-9,11-13,15H2,1H3,(H2,18,19,20). The van der Waals surface area contributed by atoms with Gasteiger partial charge in [0.25, 0.3) is 0 Å². The van der Waals surface area contributed by atoms with Gasteiger partial charge in [-0.1, -0.05) is 6.42 Å². The van der Waals surface area contributed by atoms with Crippen LogP contribution in [0.5, 0.6) is 0 Å². The van der Waals surface area contributed by atoms with Crippen LogP contribution in [0.4, 0.5) is 0 Å². The fourth-order valence-corrected chi connectivity index (χ4v) is 2.79. The maximum atomic E-state index is 12.0. The molecular formula is C17H30N6O. The predicted octanol–water partition coefficient (Wildman–Crippen LogP) is 1.23. The lowest BCUT2D eigenvalue weighted by molar-refractivity contribution is -0.130. The van der Waals surface area contributed by atoms with Gasteiger partial charge in [0.2, 0.25) is 5.91 Å². The zero-order valence-electron chi connectivity index (χ0n) is 14.7. The van der Waals surface area contributed by atoms with Crippen molar-refractivity contribution in [1.29, 1.82) is 0 Å². The van der Waals surface area contributed by atoms with E-state index in [2.05, 4.69) is 27.6 Å². The normalized spacial score (nSPS) is 16.1. The highest BCUT2D eigenvalue weighted by Crippen LogP contribution is 2.11. The highest BCUT2D eigenvalue weighted by molar-refractivity contribution is 5.79. The summed E-state index contributed by atoms with van der Waals surface area (Å²) in [6.45, 7) is 6.91. The first-order chi connectivity index (χ1) is 11.8. The van der Waals surface area contributed by atoms with Crippen LogP contribution >= 0.6 is 0 Å². The van der Waals surface area contributed by atoms with Crippen molar-refractivity contribution in [2.75, 3.05) is 32.7 Å². The molecule has 2 heterocycles. The summed E-state index contributed by atoms with van der Waals surface area (Å²) in [5, 5.41) is 10.7. The molecule has 134 valence electrons. The Morgan fingerprint density at radius 3 is 3.00 bits per heavy atom. The summed E-state index contributed by atoms with van der Waals surface area (Å²) in [5.41, 5.74) is 0. The van der Waals surface area contributed by atoms with E-state index in [1.165, 1.54) is 6.42 Å². The number of rotatable bonds is 8. The van der Waals surface area contributed by atoms with Gasteiger partial charge in [-0.3, -0.25) is 14.5 Å². The van der Waals surface area contributed by atoms with Crippen molar-refractivity contribution >= 4 is 11.9 Å². The zero-order valence-corrected chi connectivity index (χ0v) is 14.7. The average molecular weight is 334 g/mol. The number of amides is 1. The summed E-state index contributed by atoms with van der Waals surface area (Å²) >= 11 is 0. The van der Waals surface area contributed by atoms with Crippen LogP contribution in [0.15, 0.2) is 23.5 Å². The monoisotopic (exact) mass is 334 g/mol. The molecule has 0 aliphatic carbocycles. The lowest BCUT2D eigenvalue weighted by atomic mass is 10.2. The smallest absolute Gasteiger partial charge is 0.222 e. The third kappa shape index (κ3) is 6.60. The Hall–Kier alpha value is -2.05. The summed E-state index contributed by atoms with van der Waals surface area (Å²) < 4.78 is 1.89. The van der Waals surface area contributed by atoms with Crippen molar-refractivity contribution in [2.24, 2.45) is 4.99 Å². The molecule has 1 aliphatic rings. The molecule has 0 bridgehead atoms. The van der Waals surface area contributed by atoms with Gasteiger partial charge in [-0.05, 0) is 32.3 Å². The molecule has 0 aromatic carbocycles. The summed E-state index contributed by atoms with van der Waals surface area (Å²) in [4.78, 5) is 18.5. The van der Waals surface area contributed by atoms with Crippen LogP contribution < -0.4 is 10.6 Å². The first kappa shape index (κ1) is 18.3. The Morgan fingerprint density at radius 2 is 2.21 bits per heavy atom. The molecule has 2 N–H and O–H groups in total. The van der Waals surface area contributed by atoms with E-state index in [0.717, 1.165) is 64.5 Å². The fraction of sp³-hybridized carbons (Fsp3) is 0.706. The van der Waals surface area contributed by atoms with Crippen molar-refractivity contribution in [3.63, 3.8) is 0 Å². The predicted molar refractivity (Wildman–Crippen MR) is 95.9 cm³/mol. The molecule has 0 unspecified atom stereocenters. The van der Waals surface area contributed by atoms with Gasteiger partial charge < -0.3 is 15.5 Å². The highest BCUT2D eigenvalue weighted by Gasteiger charge is 2.15. The third-order valence-electron chi connectivity index (χ3n) is 4.06. The first-order valence-corrected chi connectivity index (χ1v) is 9.07. The largest absolute Gasteiger partial charge is 0.357 e. The lowest BCUT2D eigenvalue weighted by Gasteiger charge is -2.20. The lowest BCUT2D eigenvalue weighted by Crippen LogP contribution is -2.39. The van der Waals surface area contributed by atoms with E-state index in [-0.39, 0.29) is 0 Å². The van der Waals surface area contributed by atoms with Crippen LogP contribution in [-0.2, 0) is 11.3 Å². The van der Waals surface area contributed by atoms with E-state index >= 15 is 0 Å². The number of carbonyl (C=O) groups excluding carboxylic acids is 1. The molecule has 1 amide bonds. The number of nitrogens with one attached hydrogen (secondary N) is 2. The van der Waals surface area contributed by atoms with Crippen molar-refractivity contribution < 1.29 is 4.79 Å². The Morgan fingerprint density at radius 1 is 1.29 bits per heavy atom. The number of carbonyl (C=O) groups is 1. The molecule has 2 rings (SSSR count). The second kappa shape index (κ2) is 10.7. The average Bonchev–Trinajstić information content (AvgIpc) is 3.01. The minimum Gasteiger partial charge on any atom is -0.357 e. The molecule has 1 aromatic rings. The second-order valence-electron chi connectivity index (χ2n) is 6.00. The van der Waals surface area contributed by atoms with Crippen LogP contribution in [0.25, 0.3) is 0 Å². The SMILES string of the molecule is CCNC(=NCCCN1CCCCCC1=O)NCCn1cccn1. The van der Waals surface area contributed by atoms with Crippen LogP contribution in [0.1, 0.15) is 39.0 Å². The van der Waals surface area contributed by atoms with Crippen molar-refractivity contribution in [3.8, 4) is 0 Å². The molecule has 1 fully saturated rings. The van der Waals surface area contributed by atoms with Crippen LogP contribution in [0.2, 0.25) is 0 Å². The fourth-order valence-electron chi connectivity index (χ4n) is 2.79. The third-order valence-corrected chi connectivity index (χ3v) is 4.06. The molecule has 1 saturated heterocycles. The van der Waals surface area contributed by atoms with E-state index in [1.54, 1.807) is 6.20 Å². The van der Waals surface area contributed by atoms with Gasteiger partial charge in [0, 0.05) is 51.5 Å².